The molecule has 3 aromatic rings. The molecule has 2 unspecified atom stereocenters. The molecule has 3 aliphatic rings. The summed E-state index contributed by atoms with van der Waals surface area (Å²) in [5.74, 6) is -0.164. The highest BCUT2D eigenvalue weighted by molar-refractivity contribution is 5.80. The summed E-state index contributed by atoms with van der Waals surface area (Å²) in [4.78, 5) is 14.7. The van der Waals surface area contributed by atoms with Crippen molar-refractivity contribution in [2.75, 3.05) is 6.61 Å². The van der Waals surface area contributed by atoms with Crippen molar-refractivity contribution in [2.24, 2.45) is 0 Å². The van der Waals surface area contributed by atoms with Gasteiger partial charge in [0.1, 0.15) is 6.61 Å². The van der Waals surface area contributed by atoms with E-state index in [0.717, 1.165) is 28.3 Å². The van der Waals surface area contributed by atoms with E-state index in [-0.39, 0.29) is 24.5 Å². The smallest absolute Gasteiger partial charge is 0.417 e. The van der Waals surface area contributed by atoms with E-state index in [9.17, 15) is 31.1 Å². The summed E-state index contributed by atoms with van der Waals surface area (Å²) >= 11 is 0. The van der Waals surface area contributed by atoms with Crippen molar-refractivity contribution in [3.63, 3.8) is 0 Å². The van der Waals surface area contributed by atoms with Crippen molar-refractivity contribution in [2.45, 2.75) is 49.6 Å². The van der Waals surface area contributed by atoms with Crippen LogP contribution in [0.3, 0.4) is 0 Å². The van der Waals surface area contributed by atoms with Crippen LogP contribution in [0, 0.1) is 0 Å². The molecular weight excluding hydrogens is 520 g/mol. The first-order chi connectivity index (χ1) is 18.5. The maximum Gasteiger partial charge on any atom is 0.417 e. The summed E-state index contributed by atoms with van der Waals surface area (Å²) in [6.07, 6.45) is -8.36. The Morgan fingerprint density at radius 3 is 1.90 bits per heavy atom. The summed E-state index contributed by atoms with van der Waals surface area (Å²) in [5.41, 5.74) is 0.701. The van der Waals surface area contributed by atoms with Crippen molar-refractivity contribution in [3.05, 3.63) is 101 Å². The quantitative estimate of drug-likeness (QED) is 0.311. The molecule has 0 saturated carbocycles. The van der Waals surface area contributed by atoms with E-state index in [4.69, 9.17) is 4.74 Å². The number of nitrogens with zero attached hydrogens (tertiary/aromatic N) is 1. The van der Waals surface area contributed by atoms with Gasteiger partial charge in [0, 0.05) is 17.5 Å². The van der Waals surface area contributed by atoms with Gasteiger partial charge in [-0.15, -0.1) is 0 Å². The highest BCUT2D eigenvalue weighted by Crippen LogP contribution is 2.48. The number of fused-ring (bicyclic) bond motifs is 5. The van der Waals surface area contributed by atoms with Crippen LogP contribution >= 0.6 is 0 Å². The van der Waals surface area contributed by atoms with Crippen molar-refractivity contribution in [3.8, 4) is 11.1 Å². The average molecular weight is 544 g/mol. The lowest BCUT2D eigenvalue weighted by Crippen LogP contribution is -2.43. The molecular formula is C30H23F6NO2. The molecule has 2 aliphatic heterocycles. The SMILES string of the molecule is O=C(OCC1c2ccccc2-c2ccccc21)N1C2C=C(c3c(C(F)(F)F)cccc3C(F)(F)F)CC1CC2. The molecule has 202 valence electrons. The molecule has 0 aromatic heterocycles. The van der Waals surface area contributed by atoms with Gasteiger partial charge in [-0.1, -0.05) is 60.7 Å². The van der Waals surface area contributed by atoms with Crippen molar-refractivity contribution < 1.29 is 35.9 Å². The lowest BCUT2D eigenvalue weighted by atomic mass is 9.87. The molecule has 3 aromatic carbocycles. The van der Waals surface area contributed by atoms with Gasteiger partial charge in [-0.25, -0.2) is 4.79 Å². The Morgan fingerprint density at radius 2 is 1.36 bits per heavy atom. The van der Waals surface area contributed by atoms with Crippen LogP contribution in [-0.2, 0) is 17.1 Å². The van der Waals surface area contributed by atoms with Crippen molar-refractivity contribution in [1.82, 2.24) is 4.90 Å². The maximum atomic E-state index is 13.8. The standard InChI is InChI=1S/C30H23F6NO2/c31-29(32,33)25-10-5-11-26(30(34,35)36)27(25)17-14-18-12-13-19(15-17)37(18)28(38)39-16-24-22-8-3-1-6-20(22)21-7-2-4-9-23(21)24/h1-11,14,18-19,24H,12-13,15-16H2. The molecule has 0 spiro atoms. The number of benzene rings is 3. The van der Waals surface area contributed by atoms with Crippen LogP contribution in [-0.4, -0.2) is 29.7 Å². The number of hydrogen-bond donors (Lipinski definition) is 0. The predicted molar refractivity (Wildman–Crippen MR) is 133 cm³/mol. The maximum absolute atomic E-state index is 13.8. The lowest BCUT2D eigenvalue weighted by Gasteiger charge is -2.34. The molecule has 1 saturated heterocycles. The van der Waals surface area contributed by atoms with Crippen LogP contribution in [0.15, 0.2) is 72.8 Å². The Morgan fingerprint density at radius 1 is 0.795 bits per heavy atom. The third-order valence-electron chi connectivity index (χ3n) is 7.94. The fraction of sp³-hybridized carbons (Fsp3) is 0.300. The van der Waals surface area contributed by atoms with Gasteiger partial charge in [0.15, 0.2) is 0 Å². The number of halogens is 6. The number of alkyl halides is 6. The van der Waals surface area contributed by atoms with Crippen LogP contribution in [0.4, 0.5) is 31.1 Å². The van der Waals surface area contributed by atoms with Crippen molar-refractivity contribution in [1.29, 1.82) is 0 Å². The Bertz CT molecular complexity index is 1400. The predicted octanol–water partition coefficient (Wildman–Crippen LogP) is 8.29. The molecule has 1 fully saturated rings. The van der Waals surface area contributed by atoms with Gasteiger partial charge < -0.3 is 4.74 Å². The van der Waals surface area contributed by atoms with Crippen molar-refractivity contribution >= 4 is 11.7 Å². The van der Waals surface area contributed by atoms with Crippen LogP contribution in [0.25, 0.3) is 16.7 Å². The second kappa shape index (κ2) is 9.17. The zero-order chi connectivity index (χ0) is 27.5. The summed E-state index contributed by atoms with van der Waals surface area (Å²) in [5, 5.41) is 0. The molecule has 6 rings (SSSR count). The first kappa shape index (κ1) is 25.5. The number of ether oxygens (including phenoxy) is 1. The molecule has 9 heteroatoms. The molecule has 3 nitrogen and oxygen atoms in total. The number of carbonyl (C=O) groups excluding carboxylic acids is 1. The molecule has 2 bridgehead atoms. The molecule has 1 amide bonds. The zero-order valence-corrected chi connectivity index (χ0v) is 20.5. The van der Waals surface area contributed by atoms with Crippen LogP contribution in [0.2, 0.25) is 0 Å². The van der Waals surface area contributed by atoms with Crippen LogP contribution in [0.5, 0.6) is 0 Å². The van der Waals surface area contributed by atoms with Gasteiger partial charge in [-0.2, -0.15) is 26.3 Å². The van der Waals surface area contributed by atoms with Gasteiger partial charge in [-0.05, 0) is 59.2 Å². The number of carbonyl (C=O) groups is 1. The molecule has 1 aliphatic carbocycles. The first-order valence-corrected chi connectivity index (χ1v) is 12.7. The van der Waals surface area contributed by atoms with E-state index >= 15 is 0 Å². The topological polar surface area (TPSA) is 29.5 Å². The fourth-order valence-electron chi connectivity index (χ4n) is 6.34. The molecule has 0 radical (unpaired) electrons. The number of amides is 1. The Hall–Kier alpha value is -3.75. The summed E-state index contributed by atoms with van der Waals surface area (Å²) in [6, 6.07) is 16.7. The van der Waals surface area contributed by atoms with E-state index in [1.165, 1.54) is 11.0 Å². The van der Waals surface area contributed by atoms with Gasteiger partial charge in [0.2, 0.25) is 0 Å². The van der Waals surface area contributed by atoms with E-state index < -0.39 is 47.2 Å². The molecule has 0 N–H and O–H groups in total. The normalized spacial score (nSPS) is 20.5. The second-order valence-corrected chi connectivity index (χ2v) is 10.1. The summed E-state index contributed by atoms with van der Waals surface area (Å²) < 4.78 is 88.4. The number of hydrogen-bond acceptors (Lipinski definition) is 2. The fourth-order valence-corrected chi connectivity index (χ4v) is 6.34. The average Bonchev–Trinajstić information content (AvgIpc) is 3.36. The monoisotopic (exact) mass is 543 g/mol. The first-order valence-electron chi connectivity index (χ1n) is 12.7. The Labute approximate surface area is 220 Å². The molecule has 2 heterocycles. The van der Waals surface area contributed by atoms with Gasteiger partial charge >= 0.3 is 18.4 Å². The zero-order valence-electron chi connectivity index (χ0n) is 20.5. The van der Waals surface area contributed by atoms with Gasteiger partial charge in [0.25, 0.3) is 0 Å². The highest BCUT2D eigenvalue weighted by Gasteiger charge is 2.46. The molecule has 2 atom stereocenters. The lowest BCUT2D eigenvalue weighted by molar-refractivity contribution is -0.143. The van der Waals surface area contributed by atoms with Crippen LogP contribution in [0.1, 0.15) is 53.0 Å². The third kappa shape index (κ3) is 4.37. The third-order valence-corrected chi connectivity index (χ3v) is 7.94. The Kier molecular flexibility index (Phi) is 6.00. The van der Waals surface area contributed by atoms with Gasteiger partial charge in [-0.3, -0.25) is 4.90 Å². The summed E-state index contributed by atoms with van der Waals surface area (Å²) in [6.45, 7) is 0.0779. The Balaban J connectivity index is 1.27. The minimum atomic E-state index is -4.96. The minimum absolute atomic E-state index is 0.0366. The summed E-state index contributed by atoms with van der Waals surface area (Å²) in [7, 11) is 0. The van der Waals surface area contributed by atoms with E-state index in [1.54, 1.807) is 0 Å². The van der Waals surface area contributed by atoms with E-state index in [0.29, 0.717) is 25.0 Å². The largest absolute Gasteiger partial charge is 0.448 e. The number of rotatable bonds is 3. The van der Waals surface area contributed by atoms with Crippen LogP contribution < -0.4 is 0 Å². The van der Waals surface area contributed by atoms with E-state index in [2.05, 4.69) is 0 Å². The minimum Gasteiger partial charge on any atom is -0.448 e. The second-order valence-electron chi connectivity index (χ2n) is 10.1. The van der Waals surface area contributed by atoms with Gasteiger partial charge in [0.05, 0.1) is 17.2 Å². The highest BCUT2D eigenvalue weighted by atomic mass is 19.4. The molecule has 39 heavy (non-hydrogen) atoms. The van der Waals surface area contributed by atoms with E-state index in [1.807, 2.05) is 48.5 Å².